The molecule has 0 saturated carbocycles. The maximum Gasteiger partial charge on any atom is 0.331 e. The number of carbonyl (C=O) groups excluding carboxylic acids is 2. The van der Waals surface area contributed by atoms with Gasteiger partial charge < -0.3 is 10.1 Å². The molecule has 7 heteroatoms. The molecule has 0 radical (unpaired) electrons. The SMILES string of the molecule is C[C@H](OC(=O)/C=C/c1cn(Cc2ccccc2)nn1)C(=O)NCc1ccccc1. The predicted molar refractivity (Wildman–Crippen MR) is 108 cm³/mol. The molecule has 1 N–H and O–H groups in total. The van der Waals surface area contributed by atoms with Crippen LogP contribution in [0.15, 0.2) is 72.9 Å². The van der Waals surface area contributed by atoms with Gasteiger partial charge in [0, 0.05) is 12.6 Å². The maximum atomic E-state index is 12.1. The van der Waals surface area contributed by atoms with Crippen molar-refractivity contribution in [2.45, 2.75) is 26.1 Å². The number of rotatable bonds is 8. The minimum absolute atomic E-state index is 0.357. The van der Waals surface area contributed by atoms with E-state index in [9.17, 15) is 9.59 Å². The Bertz CT molecular complexity index is 968. The summed E-state index contributed by atoms with van der Waals surface area (Å²) in [5.41, 5.74) is 2.60. The van der Waals surface area contributed by atoms with Crippen LogP contribution in [-0.2, 0) is 27.4 Å². The van der Waals surface area contributed by atoms with Gasteiger partial charge in [0.25, 0.3) is 5.91 Å². The number of carbonyl (C=O) groups is 2. The monoisotopic (exact) mass is 390 g/mol. The quantitative estimate of drug-likeness (QED) is 0.472. The first-order valence-corrected chi connectivity index (χ1v) is 9.24. The van der Waals surface area contributed by atoms with Crippen molar-refractivity contribution < 1.29 is 14.3 Å². The molecule has 1 heterocycles. The number of aromatic nitrogens is 3. The van der Waals surface area contributed by atoms with Crippen molar-refractivity contribution in [2.24, 2.45) is 0 Å². The molecule has 0 fully saturated rings. The molecule has 148 valence electrons. The molecule has 0 bridgehead atoms. The molecule has 0 aliphatic carbocycles. The van der Waals surface area contributed by atoms with Gasteiger partial charge in [-0.15, -0.1) is 5.10 Å². The average molecular weight is 390 g/mol. The molecule has 1 atom stereocenters. The number of nitrogens with one attached hydrogen (secondary N) is 1. The van der Waals surface area contributed by atoms with Crippen molar-refractivity contribution in [3.05, 3.63) is 89.8 Å². The topological polar surface area (TPSA) is 86.1 Å². The van der Waals surface area contributed by atoms with E-state index in [4.69, 9.17) is 4.74 Å². The van der Waals surface area contributed by atoms with E-state index in [1.165, 1.54) is 19.1 Å². The molecule has 1 amide bonds. The molecule has 0 unspecified atom stereocenters. The van der Waals surface area contributed by atoms with Gasteiger partial charge in [0.15, 0.2) is 6.10 Å². The standard InChI is InChI=1S/C22H22N4O3/c1-17(22(28)23-14-18-8-4-2-5-9-18)29-21(27)13-12-20-16-26(25-24-20)15-19-10-6-3-7-11-19/h2-13,16-17H,14-15H2,1H3,(H,23,28)/b13-12+/t17-/m0/s1. The molecule has 0 aliphatic heterocycles. The molecule has 7 nitrogen and oxygen atoms in total. The smallest absolute Gasteiger partial charge is 0.331 e. The summed E-state index contributed by atoms with van der Waals surface area (Å²) in [5, 5.41) is 10.8. The number of benzene rings is 2. The van der Waals surface area contributed by atoms with Crippen LogP contribution in [0.25, 0.3) is 6.08 Å². The lowest BCUT2D eigenvalue weighted by Crippen LogP contribution is -2.35. The normalized spacial score (nSPS) is 11.9. The first kappa shape index (κ1) is 20.0. The van der Waals surface area contributed by atoms with E-state index >= 15 is 0 Å². The van der Waals surface area contributed by atoms with Crippen LogP contribution >= 0.6 is 0 Å². The first-order valence-electron chi connectivity index (χ1n) is 9.24. The highest BCUT2D eigenvalue weighted by molar-refractivity contribution is 5.90. The Kier molecular flexibility index (Phi) is 6.89. The fourth-order valence-electron chi connectivity index (χ4n) is 2.59. The van der Waals surface area contributed by atoms with E-state index in [2.05, 4.69) is 15.6 Å². The van der Waals surface area contributed by atoms with Gasteiger partial charge in [-0.05, 0) is 24.1 Å². The Morgan fingerprint density at radius 2 is 1.72 bits per heavy atom. The third kappa shape index (κ3) is 6.42. The molecule has 1 aromatic heterocycles. The number of amides is 1. The van der Waals surface area contributed by atoms with Crippen molar-refractivity contribution in [3.63, 3.8) is 0 Å². The van der Waals surface area contributed by atoms with Crippen LogP contribution in [0.2, 0.25) is 0 Å². The summed E-state index contributed by atoms with van der Waals surface area (Å²) in [6.07, 6.45) is 3.57. The van der Waals surface area contributed by atoms with Crippen LogP contribution in [0, 0.1) is 0 Å². The summed E-state index contributed by atoms with van der Waals surface area (Å²) in [5.74, 6) is -0.977. The van der Waals surface area contributed by atoms with E-state index < -0.39 is 12.1 Å². The Morgan fingerprint density at radius 3 is 2.41 bits per heavy atom. The van der Waals surface area contributed by atoms with Gasteiger partial charge in [-0.3, -0.25) is 4.79 Å². The Hall–Kier alpha value is -3.74. The predicted octanol–water partition coefficient (Wildman–Crippen LogP) is 2.59. The van der Waals surface area contributed by atoms with E-state index in [0.717, 1.165) is 11.1 Å². The van der Waals surface area contributed by atoms with Gasteiger partial charge in [-0.25, -0.2) is 9.48 Å². The summed E-state index contributed by atoms with van der Waals surface area (Å²) >= 11 is 0. The van der Waals surface area contributed by atoms with Crippen LogP contribution in [0.3, 0.4) is 0 Å². The second-order valence-electron chi connectivity index (χ2n) is 6.44. The van der Waals surface area contributed by atoms with Crippen LogP contribution in [-0.4, -0.2) is 33.0 Å². The second-order valence-corrected chi connectivity index (χ2v) is 6.44. The Balaban J connectivity index is 1.46. The number of ether oxygens (including phenoxy) is 1. The van der Waals surface area contributed by atoms with Crippen LogP contribution in [0.4, 0.5) is 0 Å². The van der Waals surface area contributed by atoms with Gasteiger partial charge in [0.05, 0.1) is 12.7 Å². The highest BCUT2D eigenvalue weighted by Crippen LogP contribution is 2.04. The molecule has 29 heavy (non-hydrogen) atoms. The van der Waals surface area contributed by atoms with Crippen molar-refractivity contribution in [3.8, 4) is 0 Å². The Morgan fingerprint density at radius 1 is 1.07 bits per heavy atom. The highest BCUT2D eigenvalue weighted by atomic mass is 16.5. The Labute approximate surface area is 169 Å². The maximum absolute atomic E-state index is 12.1. The summed E-state index contributed by atoms with van der Waals surface area (Å²) in [7, 11) is 0. The summed E-state index contributed by atoms with van der Waals surface area (Å²) in [4.78, 5) is 24.0. The molecule has 0 saturated heterocycles. The molecule has 3 aromatic rings. The fraction of sp³-hybridized carbons (Fsp3) is 0.182. The van der Waals surface area contributed by atoms with Gasteiger partial charge in [-0.1, -0.05) is 65.9 Å². The fourth-order valence-corrected chi connectivity index (χ4v) is 2.59. The van der Waals surface area contributed by atoms with E-state index in [0.29, 0.717) is 18.8 Å². The largest absolute Gasteiger partial charge is 0.449 e. The second kappa shape index (κ2) is 9.98. The summed E-state index contributed by atoms with van der Waals surface area (Å²) < 4.78 is 6.81. The first-order chi connectivity index (χ1) is 14.1. The molecule has 0 spiro atoms. The molecule has 0 aliphatic rings. The van der Waals surface area contributed by atoms with Crippen molar-refractivity contribution in [1.82, 2.24) is 20.3 Å². The summed E-state index contributed by atoms with van der Waals surface area (Å²) in [6.45, 7) is 2.49. The average Bonchev–Trinajstić information content (AvgIpc) is 3.19. The van der Waals surface area contributed by atoms with Crippen LogP contribution in [0.1, 0.15) is 23.7 Å². The van der Waals surface area contributed by atoms with Crippen molar-refractivity contribution >= 4 is 18.0 Å². The number of hydrogen-bond acceptors (Lipinski definition) is 5. The van der Waals surface area contributed by atoms with Crippen LogP contribution < -0.4 is 5.32 Å². The van der Waals surface area contributed by atoms with Crippen LogP contribution in [0.5, 0.6) is 0 Å². The third-order valence-electron chi connectivity index (χ3n) is 4.11. The number of nitrogens with zero attached hydrogens (tertiary/aromatic N) is 3. The van der Waals surface area contributed by atoms with Crippen molar-refractivity contribution in [2.75, 3.05) is 0 Å². The zero-order valence-electron chi connectivity index (χ0n) is 16.1. The van der Waals surface area contributed by atoms with Gasteiger partial charge in [-0.2, -0.15) is 0 Å². The zero-order chi connectivity index (χ0) is 20.5. The van der Waals surface area contributed by atoms with Gasteiger partial charge in [0.1, 0.15) is 5.69 Å². The van der Waals surface area contributed by atoms with Crippen molar-refractivity contribution in [1.29, 1.82) is 0 Å². The number of hydrogen-bond donors (Lipinski definition) is 1. The molecule has 3 rings (SSSR count). The zero-order valence-corrected chi connectivity index (χ0v) is 16.1. The van der Waals surface area contributed by atoms with Gasteiger partial charge >= 0.3 is 5.97 Å². The third-order valence-corrected chi connectivity index (χ3v) is 4.11. The molecule has 2 aromatic carbocycles. The van der Waals surface area contributed by atoms with E-state index in [1.807, 2.05) is 60.7 Å². The van der Waals surface area contributed by atoms with E-state index in [1.54, 1.807) is 10.9 Å². The number of esters is 1. The van der Waals surface area contributed by atoms with Gasteiger partial charge in [0.2, 0.25) is 0 Å². The lowest BCUT2D eigenvalue weighted by Gasteiger charge is -2.12. The minimum Gasteiger partial charge on any atom is -0.449 e. The lowest BCUT2D eigenvalue weighted by atomic mass is 10.2. The minimum atomic E-state index is -0.898. The molecular formula is C22H22N4O3. The molecular weight excluding hydrogens is 368 g/mol. The summed E-state index contributed by atoms with van der Waals surface area (Å²) in [6, 6.07) is 19.4. The lowest BCUT2D eigenvalue weighted by molar-refractivity contribution is -0.150. The highest BCUT2D eigenvalue weighted by Gasteiger charge is 2.16. The van der Waals surface area contributed by atoms with E-state index in [-0.39, 0.29) is 5.91 Å².